The Morgan fingerprint density at radius 2 is 1.75 bits per heavy atom. The number of nitrogens with zero attached hydrogens (tertiary/aromatic N) is 3. The van der Waals surface area contributed by atoms with Crippen molar-refractivity contribution in [3.63, 3.8) is 0 Å². The number of halogens is 4. The summed E-state index contributed by atoms with van der Waals surface area (Å²) in [5.41, 5.74) is -0.591. The minimum atomic E-state index is -4.64. The Morgan fingerprint density at radius 1 is 1.08 bits per heavy atom. The molecule has 3 heterocycles. The number of carbonyl (C=O) groups is 2. The molecule has 0 saturated carbocycles. The van der Waals surface area contributed by atoms with Crippen molar-refractivity contribution in [2.45, 2.75) is 51.4 Å². The van der Waals surface area contributed by atoms with E-state index in [1.807, 2.05) is 4.90 Å². The molecule has 2 amide bonds. The highest BCUT2D eigenvalue weighted by atomic mass is 35.5. The SMILES string of the molecule is C[C@@H]1CCCN(C2CCN(C(=O)c3ccc(C(=O)NCc4ncc(Cl)cc4C(F)(F)F)cc3)CC2)C1. The van der Waals surface area contributed by atoms with Gasteiger partial charge in [0.1, 0.15) is 0 Å². The maximum absolute atomic E-state index is 13.2. The van der Waals surface area contributed by atoms with Crippen molar-refractivity contribution in [1.29, 1.82) is 0 Å². The first kappa shape index (κ1) is 26.4. The number of pyridine rings is 1. The lowest BCUT2D eigenvalue weighted by Crippen LogP contribution is -2.49. The Kier molecular flexibility index (Phi) is 8.20. The second-order valence-corrected chi connectivity index (χ2v) is 10.1. The lowest BCUT2D eigenvalue weighted by Gasteiger charge is -2.41. The summed E-state index contributed by atoms with van der Waals surface area (Å²) in [7, 11) is 0. The topological polar surface area (TPSA) is 65.5 Å². The summed E-state index contributed by atoms with van der Waals surface area (Å²) in [6.07, 6.45) is 0.902. The van der Waals surface area contributed by atoms with E-state index in [0.29, 0.717) is 24.7 Å². The lowest BCUT2D eigenvalue weighted by atomic mass is 9.95. The minimum Gasteiger partial charge on any atom is -0.346 e. The van der Waals surface area contributed by atoms with Gasteiger partial charge in [-0.15, -0.1) is 0 Å². The van der Waals surface area contributed by atoms with Crippen molar-refractivity contribution < 1.29 is 22.8 Å². The molecule has 36 heavy (non-hydrogen) atoms. The number of rotatable bonds is 5. The van der Waals surface area contributed by atoms with Crippen LogP contribution in [0.1, 0.15) is 64.6 Å². The van der Waals surface area contributed by atoms with Crippen LogP contribution < -0.4 is 5.32 Å². The summed E-state index contributed by atoms with van der Waals surface area (Å²) in [6.45, 7) is 5.56. The number of likely N-dealkylation sites (tertiary alicyclic amines) is 2. The zero-order valence-electron chi connectivity index (χ0n) is 20.2. The van der Waals surface area contributed by atoms with Crippen molar-refractivity contribution in [3.8, 4) is 0 Å². The fraction of sp³-hybridized carbons (Fsp3) is 0.500. The fourth-order valence-electron chi connectivity index (χ4n) is 5.06. The zero-order valence-corrected chi connectivity index (χ0v) is 20.9. The highest BCUT2D eigenvalue weighted by Gasteiger charge is 2.34. The third-order valence-corrected chi connectivity index (χ3v) is 7.22. The largest absolute Gasteiger partial charge is 0.418 e. The maximum Gasteiger partial charge on any atom is 0.418 e. The first-order valence-corrected chi connectivity index (χ1v) is 12.6. The van der Waals surface area contributed by atoms with Gasteiger partial charge in [-0.2, -0.15) is 13.2 Å². The number of nitrogens with one attached hydrogen (secondary N) is 1. The number of benzene rings is 1. The van der Waals surface area contributed by atoms with Gasteiger partial charge < -0.3 is 10.2 Å². The molecule has 0 spiro atoms. The Labute approximate surface area is 213 Å². The molecule has 0 bridgehead atoms. The summed E-state index contributed by atoms with van der Waals surface area (Å²) >= 11 is 5.64. The molecule has 1 atom stereocenters. The first-order chi connectivity index (χ1) is 17.1. The molecule has 0 unspecified atom stereocenters. The van der Waals surface area contributed by atoms with Gasteiger partial charge in [-0.25, -0.2) is 0 Å². The average Bonchev–Trinajstić information content (AvgIpc) is 2.87. The predicted octanol–water partition coefficient (Wildman–Crippen LogP) is 5.02. The molecule has 2 aliphatic heterocycles. The van der Waals surface area contributed by atoms with Gasteiger partial charge in [0.15, 0.2) is 0 Å². The molecule has 1 aromatic heterocycles. The first-order valence-electron chi connectivity index (χ1n) is 12.2. The van der Waals surface area contributed by atoms with E-state index in [-0.39, 0.29) is 22.2 Å². The molecule has 2 aromatic rings. The van der Waals surface area contributed by atoms with Crippen LogP contribution in [-0.2, 0) is 12.7 Å². The Balaban J connectivity index is 1.31. The van der Waals surface area contributed by atoms with E-state index in [1.54, 1.807) is 12.1 Å². The molecular weight excluding hydrogens is 493 g/mol. The third kappa shape index (κ3) is 6.37. The third-order valence-electron chi connectivity index (χ3n) is 7.01. The number of carbonyl (C=O) groups excluding carboxylic acids is 2. The van der Waals surface area contributed by atoms with Gasteiger partial charge in [-0.1, -0.05) is 18.5 Å². The van der Waals surface area contributed by atoms with Crippen LogP contribution >= 0.6 is 11.6 Å². The maximum atomic E-state index is 13.2. The van der Waals surface area contributed by atoms with Gasteiger partial charge in [0, 0.05) is 43.0 Å². The zero-order chi connectivity index (χ0) is 25.9. The highest BCUT2D eigenvalue weighted by molar-refractivity contribution is 6.30. The van der Waals surface area contributed by atoms with Gasteiger partial charge in [0.2, 0.25) is 0 Å². The standard InChI is InChI=1S/C26H30ClF3N4O2/c1-17-3-2-10-34(16-17)21-8-11-33(12-9-21)25(36)19-6-4-18(5-7-19)24(35)32-15-23-22(26(28,29)30)13-20(27)14-31-23/h4-7,13-14,17,21H,2-3,8-12,15-16H2,1H3,(H,32,35)/t17-/m1/s1. The molecule has 6 nitrogen and oxygen atoms in total. The van der Waals surface area contributed by atoms with Crippen molar-refractivity contribution in [2.24, 2.45) is 5.92 Å². The molecule has 2 saturated heterocycles. The van der Waals surface area contributed by atoms with Crippen LogP contribution in [-0.4, -0.2) is 58.8 Å². The van der Waals surface area contributed by atoms with Gasteiger partial charge in [-0.05, 0) is 68.5 Å². The van der Waals surface area contributed by atoms with E-state index in [4.69, 9.17) is 11.6 Å². The molecule has 0 aliphatic carbocycles. The van der Waals surface area contributed by atoms with Gasteiger partial charge in [-0.3, -0.25) is 19.5 Å². The van der Waals surface area contributed by atoms with Crippen LogP contribution in [0.2, 0.25) is 5.02 Å². The monoisotopic (exact) mass is 522 g/mol. The van der Waals surface area contributed by atoms with Crippen molar-refractivity contribution >= 4 is 23.4 Å². The molecule has 2 fully saturated rings. The lowest BCUT2D eigenvalue weighted by molar-refractivity contribution is -0.138. The highest BCUT2D eigenvalue weighted by Crippen LogP contribution is 2.32. The van der Waals surface area contributed by atoms with Gasteiger partial charge in [0.25, 0.3) is 11.8 Å². The Morgan fingerprint density at radius 3 is 2.39 bits per heavy atom. The molecule has 1 aromatic carbocycles. The number of hydrogen-bond acceptors (Lipinski definition) is 4. The van der Waals surface area contributed by atoms with Crippen molar-refractivity contribution in [3.05, 3.63) is 63.9 Å². The number of amides is 2. The summed E-state index contributed by atoms with van der Waals surface area (Å²) in [5.74, 6) is 0.0892. The van der Waals surface area contributed by atoms with Crippen molar-refractivity contribution in [1.82, 2.24) is 20.1 Å². The Hall–Kier alpha value is -2.65. The summed E-state index contributed by atoms with van der Waals surface area (Å²) in [5, 5.41) is 2.32. The van der Waals surface area contributed by atoms with Gasteiger partial charge in [0.05, 0.1) is 22.8 Å². The number of piperidine rings is 2. The predicted molar refractivity (Wildman–Crippen MR) is 131 cm³/mol. The van der Waals surface area contributed by atoms with Crippen LogP contribution in [0.4, 0.5) is 13.2 Å². The quantitative estimate of drug-likeness (QED) is 0.599. The fourth-order valence-corrected chi connectivity index (χ4v) is 5.22. The van der Waals surface area contributed by atoms with E-state index in [2.05, 4.69) is 22.1 Å². The van der Waals surface area contributed by atoms with E-state index in [0.717, 1.165) is 44.1 Å². The normalized spacial score (nSPS) is 19.8. The van der Waals surface area contributed by atoms with Crippen LogP contribution in [0.25, 0.3) is 0 Å². The summed E-state index contributed by atoms with van der Waals surface area (Å²) < 4.78 is 39.7. The van der Waals surface area contributed by atoms with Crippen LogP contribution in [0, 0.1) is 5.92 Å². The van der Waals surface area contributed by atoms with E-state index >= 15 is 0 Å². The van der Waals surface area contributed by atoms with Gasteiger partial charge >= 0.3 is 6.18 Å². The van der Waals surface area contributed by atoms with E-state index in [9.17, 15) is 22.8 Å². The van der Waals surface area contributed by atoms with Crippen LogP contribution in [0.15, 0.2) is 36.5 Å². The van der Waals surface area contributed by atoms with Crippen molar-refractivity contribution in [2.75, 3.05) is 26.2 Å². The second-order valence-electron chi connectivity index (χ2n) is 9.67. The number of aromatic nitrogens is 1. The molecule has 194 valence electrons. The van der Waals surface area contributed by atoms with E-state index in [1.165, 1.54) is 25.0 Å². The van der Waals surface area contributed by atoms with Crippen LogP contribution in [0.3, 0.4) is 0 Å². The molecule has 4 rings (SSSR count). The van der Waals surface area contributed by atoms with Crippen LogP contribution in [0.5, 0.6) is 0 Å². The molecule has 0 radical (unpaired) electrons. The number of alkyl halides is 3. The molecule has 1 N–H and O–H groups in total. The molecule has 2 aliphatic rings. The smallest absolute Gasteiger partial charge is 0.346 e. The average molecular weight is 523 g/mol. The molecule has 10 heteroatoms. The molecular formula is C26H30ClF3N4O2. The summed E-state index contributed by atoms with van der Waals surface area (Å²) in [6, 6.07) is 7.48. The minimum absolute atomic E-state index is 0.0763. The Bertz CT molecular complexity index is 1090. The summed E-state index contributed by atoms with van der Waals surface area (Å²) in [4.78, 5) is 33.6. The second kappa shape index (κ2) is 11.2. The number of hydrogen-bond donors (Lipinski definition) is 1. The van der Waals surface area contributed by atoms with E-state index < -0.39 is 24.2 Å².